The van der Waals surface area contributed by atoms with E-state index in [-0.39, 0.29) is 6.61 Å². The van der Waals surface area contributed by atoms with E-state index in [0.717, 1.165) is 19.5 Å². The lowest BCUT2D eigenvalue weighted by atomic mass is 10.2. The molecule has 1 aliphatic rings. The Kier molecular flexibility index (Phi) is 2.87. The molecule has 2 heterocycles. The van der Waals surface area contributed by atoms with E-state index in [1.54, 1.807) is 0 Å². The summed E-state index contributed by atoms with van der Waals surface area (Å²) in [5.74, 6) is 0. The van der Waals surface area contributed by atoms with E-state index in [1.165, 1.54) is 23.0 Å². The standard InChI is InChI=1S/C14H18N2O/c17-10-13-5-3-7-16(13)9-12-8-11-4-1-2-6-14(11)15-12/h1-2,4,6,8,13,15,17H,3,5,7,9-10H2. The number of rotatable bonds is 3. The van der Waals surface area contributed by atoms with Gasteiger partial charge in [0.2, 0.25) is 0 Å². The van der Waals surface area contributed by atoms with Crippen LogP contribution in [0, 0.1) is 0 Å². The topological polar surface area (TPSA) is 39.3 Å². The van der Waals surface area contributed by atoms with E-state index in [9.17, 15) is 5.11 Å². The summed E-state index contributed by atoms with van der Waals surface area (Å²) in [6.45, 7) is 2.29. The third-order valence-corrected chi connectivity index (χ3v) is 3.67. The molecule has 2 aromatic rings. The molecular weight excluding hydrogens is 212 g/mol. The van der Waals surface area contributed by atoms with Crippen molar-refractivity contribution in [1.82, 2.24) is 9.88 Å². The van der Waals surface area contributed by atoms with Crippen LogP contribution < -0.4 is 0 Å². The number of benzene rings is 1. The third kappa shape index (κ3) is 2.08. The van der Waals surface area contributed by atoms with E-state index in [0.29, 0.717) is 6.04 Å². The Morgan fingerprint density at radius 2 is 2.24 bits per heavy atom. The highest BCUT2D eigenvalue weighted by Crippen LogP contribution is 2.21. The first-order valence-corrected chi connectivity index (χ1v) is 6.28. The molecule has 90 valence electrons. The van der Waals surface area contributed by atoms with Gasteiger partial charge < -0.3 is 10.1 Å². The number of aliphatic hydroxyl groups is 1. The maximum Gasteiger partial charge on any atom is 0.0587 e. The molecule has 1 aromatic carbocycles. The molecule has 3 rings (SSSR count). The minimum atomic E-state index is 0.278. The van der Waals surface area contributed by atoms with Gasteiger partial charge in [-0.25, -0.2) is 0 Å². The van der Waals surface area contributed by atoms with Gasteiger partial charge in [-0.3, -0.25) is 4.90 Å². The molecule has 1 atom stereocenters. The molecule has 0 radical (unpaired) electrons. The number of fused-ring (bicyclic) bond motifs is 1. The normalized spacial score (nSPS) is 21.4. The first kappa shape index (κ1) is 10.8. The molecule has 0 spiro atoms. The average Bonchev–Trinajstić information content (AvgIpc) is 2.94. The van der Waals surface area contributed by atoms with Crippen LogP contribution >= 0.6 is 0 Å². The molecule has 1 aromatic heterocycles. The molecule has 1 aliphatic heterocycles. The van der Waals surface area contributed by atoms with Gasteiger partial charge in [0.05, 0.1) is 6.61 Å². The van der Waals surface area contributed by atoms with Crippen molar-refractivity contribution in [3.63, 3.8) is 0 Å². The van der Waals surface area contributed by atoms with Crippen LogP contribution in [0.1, 0.15) is 18.5 Å². The van der Waals surface area contributed by atoms with Crippen molar-refractivity contribution in [3.05, 3.63) is 36.0 Å². The molecule has 0 amide bonds. The summed E-state index contributed by atoms with van der Waals surface area (Å²) in [6, 6.07) is 10.9. The second kappa shape index (κ2) is 4.51. The number of aromatic nitrogens is 1. The van der Waals surface area contributed by atoms with Crippen LogP contribution in [0.15, 0.2) is 30.3 Å². The summed E-state index contributed by atoms with van der Waals surface area (Å²) >= 11 is 0. The summed E-state index contributed by atoms with van der Waals surface area (Å²) in [6.07, 6.45) is 2.32. The van der Waals surface area contributed by atoms with E-state index in [2.05, 4.69) is 40.2 Å². The van der Waals surface area contributed by atoms with Crippen molar-refractivity contribution in [1.29, 1.82) is 0 Å². The minimum absolute atomic E-state index is 0.278. The summed E-state index contributed by atoms with van der Waals surface area (Å²) in [5.41, 5.74) is 2.44. The molecule has 2 N–H and O–H groups in total. The number of aromatic amines is 1. The van der Waals surface area contributed by atoms with Gasteiger partial charge in [0.1, 0.15) is 0 Å². The molecule has 0 aliphatic carbocycles. The fourth-order valence-corrected chi connectivity index (χ4v) is 2.75. The van der Waals surface area contributed by atoms with Crippen molar-refractivity contribution >= 4 is 10.9 Å². The molecule has 3 heteroatoms. The maximum atomic E-state index is 9.30. The van der Waals surface area contributed by atoms with Crippen LogP contribution in [0.4, 0.5) is 0 Å². The van der Waals surface area contributed by atoms with E-state index in [4.69, 9.17) is 0 Å². The molecule has 0 bridgehead atoms. The maximum absolute atomic E-state index is 9.30. The summed E-state index contributed by atoms with van der Waals surface area (Å²) in [5, 5.41) is 10.6. The number of H-pyrrole nitrogens is 1. The Balaban J connectivity index is 1.80. The zero-order valence-corrected chi connectivity index (χ0v) is 9.89. The second-order valence-electron chi connectivity index (χ2n) is 4.83. The molecule has 1 unspecified atom stereocenters. The molecular formula is C14H18N2O. The van der Waals surface area contributed by atoms with Gasteiger partial charge in [-0.05, 0) is 36.9 Å². The third-order valence-electron chi connectivity index (χ3n) is 3.67. The highest BCUT2D eigenvalue weighted by Gasteiger charge is 2.23. The smallest absolute Gasteiger partial charge is 0.0587 e. The van der Waals surface area contributed by atoms with Gasteiger partial charge in [0.15, 0.2) is 0 Å². The Morgan fingerprint density at radius 3 is 3.06 bits per heavy atom. The lowest BCUT2D eigenvalue weighted by Gasteiger charge is -2.21. The summed E-state index contributed by atoms with van der Waals surface area (Å²) in [7, 11) is 0. The summed E-state index contributed by atoms with van der Waals surface area (Å²) in [4.78, 5) is 5.81. The van der Waals surface area contributed by atoms with Crippen LogP contribution in [0.3, 0.4) is 0 Å². The van der Waals surface area contributed by atoms with E-state index in [1.807, 2.05) is 0 Å². The SMILES string of the molecule is OCC1CCCN1Cc1cc2ccccc2[nH]1. The van der Waals surface area contributed by atoms with Crippen molar-refractivity contribution in [2.45, 2.75) is 25.4 Å². The van der Waals surface area contributed by atoms with Crippen LogP contribution in [0.25, 0.3) is 10.9 Å². The van der Waals surface area contributed by atoms with Gasteiger partial charge in [-0.2, -0.15) is 0 Å². The first-order valence-electron chi connectivity index (χ1n) is 6.28. The van der Waals surface area contributed by atoms with Crippen molar-refractivity contribution in [2.24, 2.45) is 0 Å². The monoisotopic (exact) mass is 230 g/mol. The summed E-state index contributed by atoms with van der Waals surface area (Å²) < 4.78 is 0. The zero-order chi connectivity index (χ0) is 11.7. The molecule has 0 saturated carbocycles. The van der Waals surface area contributed by atoms with Gasteiger partial charge >= 0.3 is 0 Å². The number of nitrogens with one attached hydrogen (secondary N) is 1. The van der Waals surface area contributed by atoms with E-state index >= 15 is 0 Å². The zero-order valence-electron chi connectivity index (χ0n) is 9.89. The first-order chi connectivity index (χ1) is 8.36. The predicted octanol–water partition coefficient (Wildman–Crippen LogP) is 2.12. The van der Waals surface area contributed by atoms with Crippen LogP contribution in [0.5, 0.6) is 0 Å². The Labute approximate surface area is 101 Å². The fourth-order valence-electron chi connectivity index (χ4n) is 2.75. The second-order valence-corrected chi connectivity index (χ2v) is 4.83. The van der Waals surface area contributed by atoms with Crippen LogP contribution in [-0.2, 0) is 6.54 Å². The lowest BCUT2D eigenvalue weighted by Crippen LogP contribution is -2.31. The number of para-hydroxylation sites is 1. The largest absolute Gasteiger partial charge is 0.395 e. The Bertz CT molecular complexity index is 473. The molecule has 1 saturated heterocycles. The van der Waals surface area contributed by atoms with Crippen LogP contribution in [-0.4, -0.2) is 34.2 Å². The highest BCUT2D eigenvalue weighted by atomic mass is 16.3. The molecule has 17 heavy (non-hydrogen) atoms. The molecule has 3 nitrogen and oxygen atoms in total. The van der Waals surface area contributed by atoms with E-state index < -0.39 is 0 Å². The lowest BCUT2D eigenvalue weighted by molar-refractivity contribution is 0.152. The number of nitrogens with zero attached hydrogens (tertiary/aromatic N) is 1. The number of hydrogen-bond acceptors (Lipinski definition) is 2. The Morgan fingerprint density at radius 1 is 1.35 bits per heavy atom. The van der Waals surface area contributed by atoms with Crippen molar-refractivity contribution in [3.8, 4) is 0 Å². The minimum Gasteiger partial charge on any atom is -0.395 e. The number of aliphatic hydroxyl groups excluding tert-OH is 1. The molecule has 1 fully saturated rings. The fraction of sp³-hybridized carbons (Fsp3) is 0.429. The van der Waals surface area contributed by atoms with Crippen molar-refractivity contribution in [2.75, 3.05) is 13.2 Å². The van der Waals surface area contributed by atoms with Gasteiger partial charge in [0, 0.05) is 23.8 Å². The van der Waals surface area contributed by atoms with Gasteiger partial charge in [-0.1, -0.05) is 18.2 Å². The quantitative estimate of drug-likeness (QED) is 0.848. The number of hydrogen-bond donors (Lipinski definition) is 2. The van der Waals surface area contributed by atoms with Crippen LogP contribution in [0.2, 0.25) is 0 Å². The predicted molar refractivity (Wildman–Crippen MR) is 68.8 cm³/mol. The van der Waals surface area contributed by atoms with Gasteiger partial charge in [0.25, 0.3) is 0 Å². The number of likely N-dealkylation sites (tertiary alicyclic amines) is 1. The van der Waals surface area contributed by atoms with Crippen molar-refractivity contribution < 1.29 is 5.11 Å². The average molecular weight is 230 g/mol. The van der Waals surface area contributed by atoms with Gasteiger partial charge in [-0.15, -0.1) is 0 Å². The highest BCUT2D eigenvalue weighted by molar-refractivity contribution is 5.80. The Hall–Kier alpha value is -1.32.